The van der Waals surface area contributed by atoms with Crippen molar-refractivity contribution in [3.05, 3.63) is 23.8 Å². The molecule has 0 atom stereocenters. The van der Waals surface area contributed by atoms with Crippen molar-refractivity contribution in [3.63, 3.8) is 0 Å². The van der Waals surface area contributed by atoms with E-state index in [2.05, 4.69) is 17.0 Å². The van der Waals surface area contributed by atoms with Crippen LogP contribution in [0, 0.1) is 6.92 Å². The molecule has 0 bridgehead atoms. The largest absolute Gasteiger partial charge is 0.495 e. The highest BCUT2D eigenvalue weighted by atomic mass is 32.2. The van der Waals surface area contributed by atoms with Crippen LogP contribution >= 0.6 is 0 Å². The van der Waals surface area contributed by atoms with Gasteiger partial charge in [0.15, 0.2) is 0 Å². The molecule has 0 amide bonds. The first-order valence-corrected chi connectivity index (χ1v) is 7.84. The number of hydrogen-bond acceptors (Lipinski definition) is 4. The van der Waals surface area contributed by atoms with E-state index in [4.69, 9.17) is 4.74 Å². The van der Waals surface area contributed by atoms with E-state index in [1.54, 1.807) is 12.1 Å². The average Bonchev–Trinajstić information content (AvgIpc) is 2.38. The van der Waals surface area contributed by atoms with Crippen molar-refractivity contribution in [1.82, 2.24) is 10.0 Å². The molecule has 5 nitrogen and oxygen atoms in total. The van der Waals surface area contributed by atoms with Crippen molar-refractivity contribution in [2.45, 2.75) is 25.2 Å². The van der Waals surface area contributed by atoms with E-state index in [0.717, 1.165) is 18.5 Å². The normalized spacial score (nSPS) is 11.5. The van der Waals surface area contributed by atoms with Gasteiger partial charge in [0, 0.05) is 13.1 Å². The van der Waals surface area contributed by atoms with Crippen LogP contribution < -0.4 is 14.8 Å². The second kappa shape index (κ2) is 7.47. The molecule has 0 fully saturated rings. The summed E-state index contributed by atoms with van der Waals surface area (Å²) in [4.78, 5) is 0.186. The maximum Gasteiger partial charge on any atom is 0.244 e. The number of nitrogens with one attached hydrogen (secondary N) is 2. The molecule has 0 unspecified atom stereocenters. The first-order chi connectivity index (χ1) is 9.01. The Labute approximate surface area is 115 Å². The summed E-state index contributed by atoms with van der Waals surface area (Å²) in [6.45, 7) is 5.77. The Balaban J connectivity index is 2.74. The third kappa shape index (κ3) is 4.81. The third-order valence-electron chi connectivity index (χ3n) is 2.63. The Morgan fingerprint density at radius 2 is 1.95 bits per heavy atom. The second-order valence-corrected chi connectivity index (χ2v) is 6.04. The zero-order valence-electron chi connectivity index (χ0n) is 11.7. The molecule has 1 aromatic carbocycles. The molecule has 6 heteroatoms. The molecule has 2 N–H and O–H groups in total. The summed E-state index contributed by atoms with van der Waals surface area (Å²) >= 11 is 0. The van der Waals surface area contributed by atoms with E-state index in [1.807, 2.05) is 13.0 Å². The van der Waals surface area contributed by atoms with Crippen LogP contribution in [0.15, 0.2) is 23.1 Å². The zero-order valence-corrected chi connectivity index (χ0v) is 12.5. The number of sulfonamides is 1. The number of rotatable bonds is 8. The SMILES string of the molecule is CCCNCCNS(=O)(=O)c1cc(C)ccc1OC. The highest BCUT2D eigenvalue weighted by Crippen LogP contribution is 2.24. The van der Waals surface area contributed by atoms with E-state index in [1.165, 1.54) is 7.11 Å². The van der Waals surface area contributed by atoms with Gasteiger partial charge in [-0.2, -0.15) is 0 Å². The lowest BCUT2D eigenvalue weighted by atomic mass is 10.2. The number of aryl methyl sites for hydroxylation is 1. The maximum absolute atomic E-state index is 12.2. The first-order valence-electron chi connectivity index (χ1n) is 6.36. The smallest absolute Gasteiger partial charge is 0.244 e. The van der Waals surface area contributed by atoms with Crippen LogP contribution in [0.5, 0.6) is 5.75 Å². The molecule has 1 aromatic rings. The number of methoxy groups -OCH3 is 1. The van der Waals surface area contributed by atoms with Crippen LogP contribution in [-0.2, 0) is 10.0 Å². The standard InChI is InChI=1S/C13H22N2O3S/c1-4-7-14-8-9-15-19(16,17)13-10-11(2)5-6-12(13)18-3/h5-6,10,14-15H,4,7-9H2,1-3H3. The Hall–Kier alpha value is -1.11. The van der Waals surface area contributed by atoms with Crippen molar-refractivity contribution < 1.29 is 13.2 Å². The molecule has 0 aliphatic rings. The van der Waals surface area contributed by atoms with Crippen molar-refractivity contribution in [2.24, 2.45) is 0 Å². The van der Waals surface area contributed by atoms with Gasteiger partial charge in [-0.15, -0.1) is 0 Å². The summed E-state index contributed by atoms with van der Waals surface area (Å²) in [6.07, 6.45) is 1.03. The summed E-state index contributed by atoms with van der Waals surface area (Å²) in [5.41, 5.74) is 0.880. The first kappa shape index (κ1) is 15.9. The van der Waals surface area contributed by atoms with Crippen LogP contribution in [0.3, 0.4) is 0 Å². The summed E-state index contributed by atoms with van der Waals surface area (Å²) < 4.78 is 32.0. The van der Waals surface area contributed by atoms with Gasteiger partial charge in [0.05, 0.1) is 7.11 Å². The fourth-order valence-electron chi connectivity index (χ4n) is 1.65. The molecule has 0 heterocycles. The minimum atomic E-state index is -3.53. The highest BCUT2D eigenvalue weighted by Gasteiger charge is 2.18. The molecule has 0 aliphatic carbocycles. The molecule has 0 aliphatic heterocycles. The van der Waals surface area contributed by atoms with Gasteiger partial charge in [0.25, 0.3) is 0 Å². The van der Waals surface area contributed by atoms with Gasteiger partial charge in [0.1, 0.15) is 10.6 Å². The predicted molar refractivity (Wildman–Crippen MR) is 76.1 cm³/mol. The van der Waals surface area contributed by atoms with Gasteiger partial charge < -0.3 is 10.1 Å². The molecule has 0 spiro atoms. The molecule has 19 heavy (non-hydrogen) atoms. The molecular weight excluding hydrogens is 264 g/mol. The predicted octanol–water partition coefficient (Wildman–Crippen LogP) is 1.28. The van der Waals surface area contributed by atoms with Gasteiger partial charge in [-0.1, -0.05) is 13.0 Å². The van der Waals surface area contributed by atoms with Crippen LogP contribution in [0.2, 0.25) is 0 Å². The number of benzene rings is 1. The van der Waals surface area contributed by atoms with Crippen molar-refractivity contribution in [1.29, 1.82) is 0 Å². The van der Waals surface area contributed by atoms with Gasteiger partial charge in [0.2, 0.25) is 10.0 Å². The van der Waals surface area contributed by atoms with Crippen molar-refractivity contribution in [3.8, 4) is 5.75 Å². The van der Waals surface area contributed by atoms with Crippen LogP contribution in [0.1, 0.15) is 18.9 Å². The van der Waals surface area contributed by atoms with E-state index in [-0.39, 0.29) is 4.90 Å². The molecule has 108 valence electrons. The minimum absolute atomic E-state index is 0.186. The topological polar surface area (TPSA) is 67.4 Å². The molecule has 0 radical (unpaired) electrons. The molecule has 0 saturated carbocycles. The zero-order chi connectivity index (χ0) is 14.3. The van der Waals surface area contributed by atoms with Crippen LogP contribution in [0.25, 0.3) is 0 Å². The molecule has 0 saturated heterocycles. The van der Waals surface area contributed by atoms with Gasteiger partial charge in [-0.05, 0) is 37.6 Å². The van der Waals surface area contributed by atoms with Gasteiger partial charge >= 0.3 is 0 Å². The Morgan fingerprint density at radius 1 is 1.21 bits per heavy atom. The quantitative estimate of drug-likeness (QED) is 0.707. The average molecular weight is 286 g/mol. The van der Waals surface area contributed by atoms with E-state index >= 15 is 0 Å². The van der Waals surface area contributed by atoms with Crippen molar-refractivity contribution >= 4 is 10.0 Å². The Morgan fingerprint density at radius 3 is 2.58 bits per heavy atom. The summed E-state index contributed by atoms with van der Waals surface area (Å²) in [6, 6.07) is 5.10. The molecule has 0 aromatic heterocycles. The lowest BCUT2D eigenvalue weighted by molar-refractivity contribution is 0.402. The maximum atomic E-state index is 12.2. The van der Waals surface area contributed by atoms with Gasteiger partial charge in [-0.3, -0.25) is 0 Å². The van der Waals surface area contributed by atoms with Crippen LogP contribution in [0.4, 0.5) is 0 Å². The minimum Gasteiger partial charge on any atom is -0.495 e. The van der Waals surface area contributed by atoms with Crippen molar-refractivity contribution in [2.75, 3.05) is 26.7 Å². The van der Waals surface area contributed by atoms with Crippen LogP contribution in [-0.4, -0.2) is 35.2 Å². The molecule has 1 rings (SSSR count). The third-order valence-corrected chi connectivity index (χ3v) is 4.11. The Kier molecular flexibility index (Phi) is 6.27. The highest BCUT2D eigenvalue weighted by molar-refractivity contribution is 7.89. The van der Waals surface area contributed by atoms with E-state index in [0.29, 0.717) is 18.8 Å². The number of hydrogen-bond donors (Lipinski definition) is 2. The Bertz CT molecular complexity index is 501. The second-order valence-electron chi connectivity index (χ2n) is 4.30. The fraction of sp³-hybridized carbons (Fsp3) is 0.538. The lowest BCUT2D eigenvalue weighted by Gasteiger charge is -2.11. The molecular formula is C13H22N2O3S. The summed E-state index contributed by atoms with van der Waals surface area (Å²) in [5, 5.41) is 3.14. The van der Waals surface area contributed by atoms with E-state index in [9.17, 15) is 8.42 Å². The monoisotopic (exact) mass is 286 g/mol. The number of ether oxygens (including phenoxy) is 1. The summed E-state index contributed by atoms with van der Waals surface area (Å²) in [5.74, 6) is 0.361. The summed E-state index contributed by atoms with van der Waals surface area (Å²) in [7, 11) is -2.06. The van der Waals surface area contributed by atoms with E-state index < -0.39 is 10.0 Å². The fourth-order valence-corrected chi connectivity index (χ4v) is 2.93. The lowest BCUT2D eigenvalue weighted by Crippen LogP contribution is -2.32. The van der Waals surface area contributed by atoms with Gasteiger partial charge in [-0.25, -0.2) is 13.1 Å².